The Labute approximate surface area is 202 Å². The zero-order valence-electron chi connectivity index (χ0n) is 20.7. The Hall–Kier alpha value is -2.77. The summed E-state index contributed by atoms with van der Waals surface area (Å²) < 4.78 is 22.9. The Morgan fingerprint density at radius 3 is 1.35 bits per heavy atom. The first kappa shape index (κ1) is 24.4. The molecular weight excluding hydrogens is 432 g/mol. The monoisotopic (exact) mass is 468 g/mol. The molecule has 184 valence electrons. The second-order valence-electron chi connectivity index (χ2n) is 9.08. The van der Waals surface area contributed by atoms with Gasteiger partial charge in [-0.25, -0.2) is 0 Å². The van der Waals surface area contributed by atoms with E-state index in [4.69, 9.17) is 18.9 Å². The molecule has 0 bridgehead atoms. The van der Waals surface area contributed by atoms with E-state index in [0.717, 1.165) is 37.3 Å². The summed E-state index contributed by atoms with van der Waals surface area (Å²) in [5.41, 5.74) is 0.383. The van der Waals surface area contributed by atoms with Crippen molar-refractivity contribution in [2.45, 2.75) is 36.5 Å². The van der Waals surface area contributed by atoms with E-state index in [-0.39, 0.29) is 5.78 Å². The summed E-state index contributed by atoms with van der Waals surface area (Å²) in [7, 11) is 6.56. The molecule has 4 rings (SSSR count). The van der Waals surface area contributed by atoms with E-state index in [0.29, 0.717) is 48.7 Å². The van der Waals surface area contributed by atoms with Gasteiger partial charge in [0, 0.05) is 11.1 Å². The molecule has 0 spiro atoms. The number of hydrogen-bond donors (Lipinski definition) is 2. The molecular formula is C27H36N2O5. The van der Waals surface area contributed by atoms with Gasteiger partial charge in [-0.2, -0.15) is 0 Å². The van der Waals surface area contributed by atoms with Crippen LogP contribution in [0.15, 0.2) is 36.4 Å². The SMILES string of the molecule is COc1cccc(C2(C(=O)C3(c4cccc(OC)c4OC)CCNCC3)CCNCC2)c1OC. The number of methoxy groups -OCH3 is 4. The van der Waals surface area contributed by atoms with Crippen molar-refractivity contribution in [1.82, 2.24) is 10.6 Å². The predicted octanol–water partition coefficient (Wildman–Crippen LogP) is 3.23. The first-order valence-electron chi connectivity index (χ1n) is 12.0. The molecule has 7 nitrogen and oxygen atoms in total. The number of ether oxygens (including phenoxy) is 4. The minimum absolute atomic E-state index is 0.223. The lowest BCUT2D eigenvalue weighted by molar-refractivity contribution is -0.132. The largest absolute Gasteiger partial charge is 0.493 e. The van der Waals surface area contributed by atoms with E-state index >= 15 is 4.79 Å². The normalized spacial score (nSPS) is 19.2. The number of nitrogens with one attached hydrogen (secondary N) is 2. The van der Waals surface area contributed by atoms with Crippen LogP contribution in [-0.4, -0.2) is 60.4 Å². The number of piperidine rings is 2. The standard InChI is InChI=1S/C27H36N2O5/c1-31-21-9-5-7-19(23(21)33-3)26(11-15-28-16-12-26)25(30)27(13-17-29-18-14-27)20-8-6-10-22(32-2)24(20)34-4/h5-10,28-29H,11-18H2,1-4H3. The van der Waals surface area contributed by atoms with E-state index in [9.17, 15) is 0 Å². The van der Waals surface area contributed by atoms with Crippen LogP contribution in [0.2, 0.25) is 0 Å². The number of rotatable bonds is 8. The molecule has 34 heavy (non-hydrogen) atoms. The third-order valence-electron chi connectivity index (χ3n) is 7.62. The van der Waals surface area contributed by atoms with Gasteiger partial charge in [0.25, 0.3) is 0 Å². The van der Waals surface area contributed by atoms with Crippen LogP contribution in [0, 0.1) is 0 Å². The molecule has 2 N–H and O–H groups in total. The Kier molecular flexibility index (Phi) is 7.33. The molecule has 2 heterocycles. The molecule has 0 aliphatic carbocycles. The molecule has 0 radical (unpaired) electrons. The lowest BCUT2D eigenvalue weighted by Crippen LogP contribution is -2.56. The number of benzene rings is 2. The van der Waals surface area contributed by atoms with Crippen LogP contribution in [0.1, 0.15) is 36.8 Å². The van der Waals surface area contributed by atoms with Gasteiger partial charge in [0.05, 0.1) is 39.3 Å². The van der Waals surface area contributed by atoms with Crippen LogP contribution in [0.5, 0.6) is 23.0 Å². The first-order chi connectivity index (χ1) is 16.6. The molecule has 0 atom stereocenters. The third-order valence-corrected chi connectivity index (χ3v) is 7.62. The van der Waals surface area contributed by atoms with Crippen LogP contribution < -0.4 is 29.6 Å². The maximum Gasteiger partial charge on any atom is 0.164 e. The van der Waals surface area contributed by atoms with Gasteiger partial charge in [-0.1, -0.05) is 24.3 Å². The quantitative estimate of drug-likeness (QED) is 0.616. The number of Topliss-reactive ketones (excluding diaryl/α,β-unsaturated/α-hetero) is 1. The highest BCUT2D eigenvalue weighted by Gasteiger charge is 2.54. The second kappa shape index (κ2) is 10.2. The van der Waals surface area contributed by atoms with Crippen molar-refractivity contribution in [2.24, 2.45) is 0 Å². The van der Waals surface area contributed by atoms with E-state index in [1.165, 1.54) is 0 Å². The molecule has 2 saturated heterocycles. The van der Waals surface area contributed by atoms with Gasteiger partial charge < -0.3 is 29.6 Å². The molecule has 0 aromatic heterocycles. The summed E-state index contributed by atoms with van der Waals surface area (Å²) in [6.45, 7) is 3.04. The third kappa shape index (κ3) is 3.91. The van der Waals surface area contributed by atoms with E-state index in [1.54, 1.807) is 28.4 Å². The van der Waals surface area contributed by atoms with Crippen molar-refractivity contribution >= 4 is 5.78 Å². The number of ketones is 1. The fraction of sp³-hybridized carbons (Fsp3) is 0.519. The van der Waals surface area contributed by atoms with Crippen LogP contribution in [0.4, 0.5) is 0 Å². The van der Waals surface area contributed by atoms with Gasteiger partial charge in [-0.05, 0) is 64.0 Å². The fourth-order valence-corrected chi connectivity index (χ4v) is 5.93. The number of para-hydroxylation sites is 2. The maximum absolute atomic E-state index is 15.1. The zero-order valence-corrected chi connectivity index (χ0v) is 20.7. The highest BCUT2D eigenvalue weighted by atomic mass is 16.5. The smallest absolute Gasteiger partial charge is 0.164 e. The topological polar surface area (TPSA) is 78.1 Å². The summed E-state index contributed by atoms with van der Waals surface area (Å²) in [5, 5.41) is 6.89. The van der Waals surface area contributed by atoms with Gasteiger partial charge in [0.15, 0.2) is 28.8 Å². The molecule has 0 unspecified atom stereocenters. The average molecular weight is 469 g/mol. The summed E-state index contributed by atoms with van der Waals surface area (Å²) in [5.74, 6) is 2.79. The molecule has 2 aromatic rings. The van der Waals surface area contributed by atoms with Gasteiger partial charge in [-0.3, -0.25) is 4.79 Å². The van der Waals surface area contributed by atoms with Crippen molar-refractivity contribution < 1.29 is 23.7 Å². The Balaban J connectivity index is 1.95. The van der Waals surface area contributed by atoms with Crippen molar-refractivity contribution in [1.29, 1.82) is 0 Å². The second-order valence-corrected chi connectivity index (χ2v) is 9.08. The van der Waals surface area contributed by atoms with Gasteiger partial charge >= 0.3 is 0 Å². The Bertz CT molecular complexity index is 931. The van der Waals surface area contributed by atoms with Crippen molar-refractivity contribution in [3.63, 3.8) is 0 Å². The van der Waals surface area contributed by atoms with Crippen LogP contribution in [0.25, 0.3) is 0 Å². The minimum Gasteiger partial charge on any atom is -0.493 e. The summed E-state index contributed by atoms with van der Waals surface area (Å²) >= 11 is 0. The molecule has 0 saturated carbocycles. The lowest BCUT2D eigenvalue weighted by Gasteiger charge is -2.47. The fourth-order valence-electron chi connectivity index (χ4n) is 5.93. The highest BCUT2D eigenvalue weighted by Crippen LogP contribution is 2.52. The van der Waals surface area contributed by atoms with Gasteiger partial charge in [0.1, 0.15) is 0 Å². The number of hydrogen-bond acceptors (Lipinski definition) is 7. The molecule has 0 amide bonds. The van der Waals surface area contributed by atoms with Crippen LogP contribution in [0.3, 0.4) is 0 Å². The molecule has 7 heteroatoms. The first-order valence-corrected chi connectivity index (χ1v) is 12.0. The molecule has 2 aromatic carbocycles. The van der Waals surface area contributed by atoms with Crippen molar-refractivity contribution in [3.05, 3.63) is 47.5 Å². The minimum atomic E-state index is -0.712. The van der Waals surface area contributed by atoms with E-state index in [2.05, 4.69) is 10.6 Å². The lowest BCUT2D eigenvalue weighted by atomic mass is 9.57. The Morgan fingerprint density at radius 1 is 0.647 bits per heavy atom. The maximum atomic E-state index is 15.1. The number of carbonyl (C=O) groups is 1. The van der Waals surface area contributed by atoms with Crippen LogP contribution >= 0.6 is 0 Å². The van der Waals surface area contributed by atoms with E-state index in [1.807, 2.05) is 36.4 Å². The van der Waals surface area contributed by atoms with Crippen LogP contribution in [-0.2, 0) is 15.6 Å². The zero-order chi connectivity index (χ0) is 24.2. The Morgan fingerprint density at radius 2 is 1.03 bits per heavy atom. The summed E-state index contributed by atoms with van der Waals surface area (Å²) in [4.78, 5) is 15.1. The predicted molar refractivity (Wildman–Crippen MR) is 132 cm³/mol. The van der Waals surface area contributed by atoms with Crippen molar-refractivity contribution in [2.75, 3.05) is 54.6 Å². The number of carbonyl (C=O) groups excluding carboxylic acids is 1. The van der Waals surface area contributed by atoms with Crippen molar-refractivity contribution in [3.8, 4) is 23.0 Å². The summed E-state index contributed by atoms with van der Waals surface area (Å²) in [6.07, 6.45) is 2.77. The summed E-state index contributed by atoms with van der Waals surface area (Å²) in [6, 6.07) is 11.7. The average Bonchev–Trinajstić information content (AvgIpc) is 2.92. The van der Waals surface area contributed by atoms with Gasteiger partial charge in [-0.15, -0.1) is 0 Å². The molecule has 2 aliphatic heterocycles. The van der Waals surface area contributed by atoms with Gasteiger partial charge in [0.2, 0.25) is 0 Å². The molecule has 2 aliphatic rings. The molecule has 2 fully saturated rings. The highest BCUT2D eigenvalue weighted by molar-refractivity contribution is 6.00. The van der Waals surface area contributed by atoms with E-state index < -0.39 is 10.8 Å².